The van der Waals surface area contributed by atoms with Gasteiger partial charge in [0.05, 0.1) is 5.56 Å². The fourth-order valence-corrected chi connectivity index (χ4v) is 5.45. The molecule has 4 heteroatoms. The third-order valence-corrected chi connectivity index (χ3v) is 6.34. The number of hydrogen-bond donors (Lipinski definition) is 1. The third kappa shape index (κ3) is 2.11. The molecule has 3 saturated carbocycles. The van der Waals surface area contributed by atoms with Crippen LogP contribution in [0, 0.1) is 29.5 Å². The van der Waals surface area contributed by atoms with E-state index >= 15 is 0 Å². The summed E-state index contributed by atoms with van der Waals surface area (Å²) in [6.45, 7) is 3.97. The first-order valence-corrected chi connectivity index (χ1v) is 8.39. The number of halogens is 1. The van der Waals surface area contributed by atoms with E-state index in [1.54, 1.807) is 0 Å². The van der Waals surface area contributed by atoms with Gasteiger partial charge in [-0.25, -0.2) is 9.18 Å². The molecule has 1 aromatic carbocycles. The van der Waals surface area contributed by atoms with Crippen molar-refractivity contribution in [1.82, 2.24) is 0 Å². The van der Waals surface area contributed by atoms with Crippen LogP contribution in [0.1, 0.15) is 42.5 Å². The van der Waals surface area contributed by atoms with Gasteiger partial charge in [-0.05, 0) is 67.7 Å². The Morgan fingerprint density at radius 2 is 2.17 bits per heavy atom. The van der Waals surface area contributed by atoms with Gasteiger partial charge in [-0.1, -0.05) is 13.0 Å². The molecule has 0 heterocycles. The van der Waals surface area contributed by atoms with E-state index in [1.165, 1.54) is 37.5 Å². The number of carboxylic acid groups (broad SMARTS) is 1. The van der Waals surface area contributed by atoms with Crippen LogP contribution >= 0.6 is 0 Å². The molecular weight excluding hydrogens is 295 g/mol. The van der Waals surface area contributed by atoms with E-state index < -0.39 is 17.4 Å². The highest BCUT2D eigenvalue weighted by Gasteiger charge is 2.61. The van der Waals surface area contributed by atoms with Gasteiger partial charge in [0.2, 0.25) is 0 Å². The summed E-state index contributed by atoms with van der Waals surface area (Å²) in [4.78, 5) is 11.1. The van der Waals surface area contributed by atoms with Crippen molar-refractivity contribution in [1.29, 1.82) is 0 Å². The molecule has 0 aromatic heterocycles. The van der Waals surface area contributed by atoms with Gasteiger partial charge < -0.3 is 9.84 Å². The molecule has 3 fully saturated rings. The lowest BCUT2D eigenvalue weighted by molar-refractivity contribution is 0.0151. The predicted molar refractivity (Wildman–Crippen MR) is 84.0 cm³/mol. The Kier molecular flexibility index (Phi) is 3.26. The number of rotatable bonds is 4. The Hall–Kier alpha value is -1.84. The molecule has 3 nitrogen and oxygen atoms in total. The van der Waals surface area contributed by atoms with E-state index in [-0.39, 0.29) is 11.3 Å². The zero-order valence-electron chi connectivity index (χ0n) is 13.0. The lowest BCUT2D eigenvalue weighted by Gasteiger charge is -2.41. The maximum Gasteiger partial charge on any atom is 0.335 e. The van der Waals surface area contributed by atoms with Gasteiger partial charge in [-0.15, -0.1) is 0 Å². The molecule has 0 saturated heterocycles. The van der Waals surface area contributed by atoms with Gasteiger partial charge in [0.25, 0.3) is 0 Å². The molecule has 23 heavy (non-hydrogen) atoms. The van der Waals surface area contributed by atoms with Crippen LogP contribution in [-0.4, -0.2) is 16.7 Å². The standard InChI is InChI=1S/C19H21FO3/c1-2-19(10-12-8-15(19)14-5-3-4-13(12)14)23-17-9-11(18(21)22)6-7-16(17)20/h2,6-7,9,12-15H,1,3-5,8,10H2,(H,21,22). The molecule has 3 aliphatic carbocycles. The number of fused-ring (bicyclic) bond motifs is 5. The normalized spacial score (nSPS) is 37.6. The monoisotopic (exact) mass is 316 g/mol. The molecular formula is C19H21FO3. The van der Waals surface area contributed by atoms with Crippen molar-refractivity contribution in [2.24, 2.45) is 23.7 Å². The van der Waals surface area contributed by atoms with Gasteiger partial charge >= 0.3 is 5.97 Å². The van der Waals surface area contributed by atoms with E-state index in [1.807, 2.05) is 6.08 Å². The number of carbonyl (C=O) groups is 1. The maximum atomic E-state index is 14.2. The fraction of sp³-hybridized carbons (Fsp3) is 0.526. The summed E-state index contributed by atoms with van der Waals surface area (Å²) in [5, 5.41) is 9.11. The second-order valence-electron chi connectivity index (χ2n) is 7.28. The van der Waals surface area contributed by atoms with Crippen LogP contribution in [0.5, 0.6) is 5.75 Å². The first-order chi connectivity index (χ1) is 11.0. The van der Waals surface area contributed by atoms with Crippen LogP contribution in [-0.2, 0) is 0 Å². The first-order valence-electron chi connectivity index (χ1n) is 8.39. The molecule has 0 amide bonds. The molecule has 0 spiro atoms. The molecule has 1 N–H and O–H groups in total. The second kappa shape index (κ2) is 5.08. The molecule has 2 bridgehead atoms. The number of ether oxygens (including phenoxy) is 1. The Balaban J connectivity index is 1.66. The highest BCUT2D eigenvalue weighted by molar-refractivity contribution is 5.88. The third-order valence-electron chi connectivity index (χ3n) is 6.34. The van der Waals surface area contributed by atoms with Gasteiger partial charge in [0, 0.05) is 5.92 Å². The summed E-state index contributed by atoms with van der Waals surface area (Å²) in [6, 6.07) is 3.72. The molecule has 1 aromatic rings. The maximum absolute atomic E-state index is 14.2. The minimum absolute atomic E-state index is 0.0342. The molecule has 5 atom stereocenters. The van der Waals surface area contributed by atoms with E-state index in [2.05, 4.69) is 6.58 Å². The summed E-state index contributed by atoms with van der Waals surface area (Å²) in [6.07, 6.45) is 7.64. The first kappa shape index (κ1) is 14.7. The highest BCUT2D eigenvalue weighted by atomic mass is 19.1. The zero-order valence-corrected chi connectivity index (χ0v) is 13.0. The molecule has 4 rings (SSSR count). The fourth-order valence-electron chi connectivity index (χ4n) is 5.45. The van der Waals surface area contributed by atoms with Crippen molar-refractivity contribution < 1.29 is 19.0 Å². The molecule has 0 aliphatic heterocycles. The van der Waals surface area contributed by atoms with E-state index in [9.17, 15) is 9.18 Å². The van der Waals surface area contributed by atoms with Crippen LogP contribution < -0.4 is 4.74 Å². The number of hydrogen-bond acceptors (Lipinski definition) is 2. The number of benzene rings is 1. The smallest absolute Gasteiger partial charge is 0.335 e. The van der Waals surface area contributed by atoms with Crippen LogP contribution in [0.3, 0.4) is 0 Å². The van der Waals surface area contributed by atoms with Crippen LogP contribution in [0.15, 0.2) is 30.9 Å². The quantitative estimate of drug-likeness (QED) is 0.843. The van der Waals surface area contributed by atoms with E-state index in [0.29, 0.717) is 17.8 Å². The molecule has 5 unspecified atom stereocenters. The Bertz CT molecular complexity index is 671. The average molecular weight is 316 g/mol. The van der Waals surface area contributed by atoms with Gasteiger partial charge in [-0.2, -0.15) is 0 Å². The Morgan fingerprint density at radius 1 is 1.39 bits per heavy atom. The van der Waals surface area contributed by atoms with Crippen molar-refractivity contribution in [3.63, 3.8) is 0 Å². The predicted octanol–water partition coefficient (Wildman–Crippen LogP) is 4.28. The number of aromatic carboxylic acids is 1. The highest BCUT2D eigenvalue weighted by Crippen LogP contribution is 2.63. The molecule has 3 aliphatic rings. The summed E-state index contributed by atoms with van der Waals surface area (Å²) in [7, 11) is 0. The minimum Gasteiger partial charge on any atom is -0.480 e. The van der Waals surface area contributed by atoms with Crippen molar-refractivity contribution in [3.8, 4) is 5.75 Å². The van der Waals surface area contributed by atoms with E-state index in [0.717, 1.165) is 18.8 Å². The second-order valence-corrected chi connectivity index (χ2v) is 7.28. The summed E-state index contributed by atoms with van der Waals surface area (Å²) in [5.74, 6) is 0.908. The Morgan fingerprint density at radius 3 is 2.91 bits per heavy atom. The van der Waals surface area contributed by atoms with Gasteiger partial charge in [0.15, 0.2) is 11.6 Å². The summed E-state index contributed by atoms with van der Waals surface area (Å²) in [5.41, 5.74) is -0.503. The SMILES string of the molecule is C=CC1(Oc2cc(C(=O)O)ccc2F)CC2CC1C1CCCC21. The minimum atomic E-state index is -1.08. The van der Waals surface area contributed by atoms with Gasteiger partial charge in [-0.3, -0.25) is 0 Å². The topological polar surface area (TPSA) is 46.5 Å². The largest absolute Gasteiger partial charge is 0.480 e. The van der Waals surface area contributed by atoms with Crippen LogP contribution in [0.25, 0.3) is 0 Å². The van der Waals surface area contributed by atoms with Crippen molar-refractivity contribution in [2.75, 3.05) is 0 Å². The molecule has 0 radical (unpaired) electrons. The lowest BCUT2D eigenvalue weighted by atomic mass is 9.73. The van der Waals surface area contributed by atoms with E-state index in [4.69, 9.17) is 9.84 Å². The van der Waals surface area contributed by atoms with Crippen LogP contribution in [0.2, 0.25) is 0 Å². The summed E-state index contributed by atoms with van der Waals surface area (Å²) < 4.78 is 20.3. The molecule has 122 valence electrons. The van der Waals surface area contributed by atoms with Crippen molar-refractivity contribution in [2.45, 2.75) is 37.7 Å². The van der Waals surface area contributed by atoms with Crippen LogP contribution in [0.4, 0.5) is 4.39 Å². The van der Waals surface area contributed by atoms with Gasteiger partial charge in [0.1, 0.15) is 5.60 Å². The zero-order chi connectivity index (χ0) is 16.2. The average Bonchev–Trinajstić information content (AvgIpc) is 3.20. The van der Waals surface area contributed by atoms with Crippen molar-refractivity contribution in [3.05, 3.63) is 42.2 Å². The van der Waals surface area contributed by atoms with Crippen molar-refractivity contribution >= 4 is 5.97 Å². The number of carboxylic acids is 1. The Labute approximate surface area is 135 Å². The summed E-state index contributed by atoms with van der Waals surface area (Å²) >= 11 is 0. The lowest BCUT2D eigenvalue weighted by Crippen LogP contribution is -2.44.